The van der Waals surface area contributed by atoms with Crippen molar-refractivity contribution >= 4 is 23.5 Å². The van der Waals surface area contributed by atoms with Crippen molar-refractivity contribution in [2.24, 2.45) is 5.92 Å². The van der Waals surface area contributed by atoms with Gasteiger partial charge in [-0.2, -0.15) is 0 Å². The summed E-state index contributed by atoms with van der Waals surface area (Å²) >= 11 is 3.86. The molecule has 0 amide bonds. The number of hydrogen-bond acceptors (Lipinski definition) is 2. The number of allylic oxidation sites excluding steroid dienone is 4. The van der Waals surface area contributed by atoms with Crippen molar-refractivity contribution in [2.45, 2.75) is 50.5 Å². The minimum absolute atomic E-state index is 0.619. The quantitative estimate of drug-likeness (QED) is 0.413. The molecule has 0 spiro atoms. The average Bonchev–Trinajstić information content (AvgIpc) is 2.40. The minimum atomic E-state index is 0.619. The van der Waals surface area contributed by atoms with Crippen LogP contribution in [0.5, 0.6) is 0 Å². The van der Waals surface area contributed by atoms with Gasteiger partial charge in [0.05, 0.1) is 4.58 Å². The summed E-state index contributed by atoms with van der Waals surface area (Å²) in [4.78, 5) is 0. The predicted octanol–water partition coefficient (Wildman–Crippen LogP) is 6.07. The van der Waals surface area contributed by atoms with E-state index < -0.39 is 0 Å². The highest BCUT2D eigenvalue weighted by Crippen LogP contribution is 2.31. The summed E-state index contributed by atoms with van der Waals surface area (Å²) in [5.41, 5.74) is 4.52. The zero-order chi connectivity index (χ0) is 14.3. The Labute approximate surface area is 128 Å². The molecule has 0 nitrogen and oxygen atoms in total. The van der Waals surface area contributed by atoms with Crippen LogP contribution in [0.1, 0.15) is 46.0 Å². The van der Waals surface area contributed by atoms with Gasteiger partial charge in [-0.15, -0.1) is 23.5 Å². The van der Waals surface area contributed by atoms with Crippen molar-refractivity contribution in [3.05, 3.63) is 35.5 Å². The van der Waals surface area contributed by atoms with Gasteiger partial charge in [0.25, 0.3) is 0 Å². The third-order valence-corrected chi connectivity index (χ3v) is 6.70. The summed E-state index contributed by atoms with van der Waals surface area (Å²) in [6, 6.07) is 0. The molecule has 2 heteroatoms. The summed E-state index contributed by atoms with van der Waals surface area (Å²) in [5, 5.41) is 0. The molecule has 0 saturated heterocycles. The predicted molar refractivity (Wildman–Crippen MR) is 94.0 cm³/mol. The Kier molecular flexibility index (Phi) is 8.01. The average molecular weight is 297 g/mol. The molecule has 0 fully saturated rings. The first-order valence-corrected chi connectivity index (χ1v) is 9.71. The molecule has 108 valence electrons. The molecule has 0 aromatic heterocycles. The Hall–Kier alpha value is -0.0800. The SMILES string of the molecule is C=C(CC/C=C(\C)C(SC)SC)C1CC=C(C)CC1. The molecule has 0 radical (unpaired) electrons. The Morgan fingerprint density at radius 2 is 2.16 bits per heavy atom. The number of hydrogen-bond donors (Lipinski definition) is 0. The van der Waals surface area contributed by atoms with E-state index in [1.807, 2.05) is 23.5 Å². The maximum Gasteiger partial charge on any atom is 0.0703 e. The minimum Gasteiger partial charge on any atom is -0.147 e. The topological polar surface area (TPSA) is 0 Å². The first-order valence-electron chi connectivity index (χ1n) is 7.14. The lowest BCUT2D eigenvalue weighted by molar-refractivity contribution is 0.524. The largest absolute Gasteiger partial charge is 0.147 e. The Morgan fingerprint density at radius 3 is 2.68 bits per heavy atom. The second-order valence-electron chi connectivity index (χ2n) is 5.47. The van der Waals surface area contributed by atoms with E-state index in [2.05, 4.69) is 45.1 Å². The molecular weight excluding hydrogens is 268 g/mol. The van der Waals surface area contributed by atoms with Crippen LogP contribution in [-0.2, 0) is 0 Å². The van der Waals surface area contributed by atoms with Gasteiger partial charge in [0.1, 0.15) is 0 Å². The van der Waals surface area contributed by atoms with Crippen molar-refractivity contribution in [1.82, 2.24) is 0 Å². The standard InChI is InChI=1S/C17H28S2/c1-13-9-11-16(12-10-13)14(2)7-6-8-15(3)17(18-4)19-5/h8-9,16-17H,2,6-7,10-12H2,1,3-5H3/b15-8+. The molecule has 0 bridgehead atoms. The highest BCUT2D eigenvalue weighted by molar-refractivity contribution is 8.16. The fourth-order valence-corrected chi connectivity index (χ4v) is 4.30. The van der Waals surface area contributed by atoms with Gasteiger partial charge >= 0.3 is 0 Å². The summed E-state index contributed by atoms with van der Waals surface area (Å²) in [6.07, 6.45) is 15.3. The van der Waals surface area contributed by atoms with Gasteiger partial charge in [-0.25, -0.2) is 0 Å². The Bertz CT molecular complexity index is 348. The molecule has 1 aliphatic rings. The third-order valence-electron chi connectivity index (χ3n) is 3.95. The second kappa shape index (κ2) is 8.97. The van der Waals surface area contributed by atoms with Crippen LogP contribution in [-0.4, -0.2) is 17.1 Å². The summed E-state index contributed by atoms with van der Waals surface area (Å²) in [5.74, 6) is 0.731. The summed E-state index contributed by atoms with van der Waals surface area (Å²) in [7, 11) is 0. The van der Waals surface area contributed by atoms with Crippen LogP contribution in [0.4, 0.5) is 0 Å². The maximum atomic E-state index is 4.32. The molecule has 0 heterocycles. The smallest absolute Gasteiger partial charge is 0.0703 e. The van der Waals surface area contributed by atoms with E-state index in [9.17, 15) is 0 Å². The van der Waals surface area contributed by atoms with Gasteiger partial charge in [-0.05, 0) is 64.4 Å². The van der Waals surface area contributed by atoms with Crippen LogP contribution in [0, 0.1) is 5.92 Å². The van der Waals surface area contributed by atoms with Gasteiger partial charge in [0.2, 0.25) is 0 Å². The van der Waals surface area contributed by atoms with Crippen molar-refractivity contribution in [1.29, 1.82) is 0 Å². The third kappa shape index (κ3) is 5.83. The highest BCUT2D eigenvalue weighted by atomic mass is 32.2. The lowest BCUT2D eigenvalue weighted by Crippen LogP contribution is -2.07. The molecule has 0 N–H and O–H groups in total. The van der Waals surface area contributed by atoms with E-state index in [1.165, 1.54) is 30.4 Å². The molecule has 0 aromatic rings. The molecule has 1 atom stereocenters. The zero-order valence-electron chi connectivity index (χ0n) is 12.9. The van der Waals surface area contributed by atoms with Crippen molar-refractivity contribution in [3.8, 4) is 0 Å². The second-order valence-corrected chi connectivity index (χ2v) is 7.65. The molecule has 0 aliphatic heterocycles. The van der Waals surface area contributed by atoms with Crippen LogP contribution in [0.25, 0.3) is 0 Å². The molecule has 0 aromatic carbocycles. The van der Waals surface area contributed by atoms with Gasteiger partial charge in [0.15, 0.2) is 0 Å². The van der Waals surface area contributed by atoms with Crippen molar-refractivity contribution in [3.63, 3.8) is 0 Å². The van der Waals surface area contributed by atoms with E-state index >= 15 is 0 Å². The van der Waals surface area contributed by atoms with Crippen LogP contribution in [0.3, 0.4) is 0 Å². The van der Waals surface area contributed by atoms with Gasteiger partial charge in [0, 0.05) is 0 Å². The molecular formula is C17H28S2. The van der Waals surface area contributed by atoms with Crippen LogP contribution in [0.2, 0.25) is 0 Å². The van der Waals surface area contributed by atoms with E-state index in [-0.39, 0.29) is 0 Å². The number of rotatable bonds is 7. The zero-order valence-corrected chi connectivity index (χ0v) is 14.5. The normalized spacial score (nSPS) is 20.6. The fourth-order valence-electron chi connectivity index (χ4n) is 2.59. The number of thioether (sulfide) groups is 2. The van der Waals surface area contributed by atoms with E-state index in [4.69, 9.17) is 0 Å². The van der Waals surface area contributed by atoms with Gasteiger partial charge in [-0.3, -0.25) is 0 Å². The Morgan fingerprint density at radius 1 is 1.47 bits per heavy atom. The maximum absolute atomic E-state index is 4.32. The van der Waals surface area contributed by atoms with E-state index in [0.29, 0.717) is 4.58 Å². The van der Waals surface area contributed by atoms with Crippen molar-refractivity contribution in [2.75, 3.05) is 12.5 Å². The molecule has 1 aliphatic carbocycles. The summed E-state index contributed by atoms with van der Waals surface area (Å²) < 4.78 is 0.619. The molecule has 19 heavy (non-hydrogen) atoms. The molecule has 1 rings (SSSR count). The molecule has 1 unspecified atom stereocenters. The highest BCUT2D eigenvalue weighted by Gasteiger charge is 2.15. The monoisotopic (exact) mass is 296 g/mol. The first kappa shape index (κ1) is 17.0. The van der Waals surface area contributed by atoms with E-state index in [1.54, 1.807) is 5.57 Å². The summed E-state index contributed by atoms with van der Waals surface area (Å²) in [6.45, 7) is 8.82. The van der Waals surface area contributed by atoms with Gasteiger partial charge in [-0.1, -0.05) is 35.5 Å². The lowest BCUT2D eigenvalue weighted by atomic mass is 9.84. The molecule has 0 saturated carbocycles. The van der Waals surface area contributed by atoms with Crippen LogP contribution in [0.15, 0.2) is 35.5 Å². The van der Waals surface area contributed by atoms with E-state index in [0.717, 1.165) is 18.8 Å². The first-order chi connectivity index (χ1) is 9.08. The van der Waals surface area contributed by atoms with Crippen LogP contribution < -0.4 is 0 Å². The van der Waals surface area contributed by atoms with Crippen molar-refractivity contribution < 1.29 is 0 Å². The van der Waals surface area contributed by atoms with Crippen LogP contribution >= 0.6 is 23.5 Å². The lowest BCUT2D eigenvalue weighted by Gasteiger charge is -2.22. The van der Waals surface area contributed by atoms with Gasteiger partial charge < -0.3 is 0 Å². The fraction of sp³-hybridized carbons (Fsp3) is 0.647. The Balaban J connectivity index is 2.36.